The average molecular weight is 478 g/mol. The summed E-state index contributed by atoms with van der Waals surface area (Å²) >= 11 is 3.48. The Balaban J connectivity index is 1.89. The molecular weight excluding hydrogens is 450 g/mol. The van der Waals surface area contributed by atoms with Gasteiger partial charge in [0.25, 0.3) is 5.91 Å². The Labute approximate surface area is 186 Å². The molecule has 1 N–H and O–H groups in total. The van der Waals surface area contributed by atoms with Crippen molar-refractivity contribution in [3.63, 3.8) is 0 Å². The van der Waals surface area contributed by atoms with Gasteiger partial charge in [0.2, 0.25) is 0 Å². The van der Waals surface area contributed by atoms with E-state index in [0.29, 0.717) is 30.2 Å². The van der Waals surface area contributed by atoms with Gasteiger partial charge in [0.1, 0.15) is 12.4 Å². The highest BCUT2D eigenvalue weighted by atomic mass is 79.9. The third-order valence-electron chi connectivity index (χ3n) is 4.18. The number of carbonyl (C=O) groups excluding carboxylic acids is 2. The maximum atomic E-state index is 12.3. The van der Waals surface area contributed by atoms with Gasteiger partial charge in [-0.1, -0.05) is 36.7 Å². The Bertz CT molecular complexity index is 859. The molecule has 0 radical (unpaired) electrons. The third-order valence-corrected chi connectivity index (χ3v) is 4.67. The van der Waals surface area contributed by atoms with E-state index in [0.717, 1.165) is 10.0 Å². The van der Waals surface area contributed by atoms with Gasteiger partial charge in [-0.2, -0.15) is 0 Å². The standard InChI is InChI=1S/C23H28BrNO5/c1-5-28-12-13-29-22(27)16-6-9-18(10-7-16)25-21(26)15-30-20-11-8-17(24)14-19(20)23(2,3)4/h6-11,14H,5,12-13,15H2,1-4H3,(H,25,26). The van der Waals surface area contributed by atoms with Crippen LogP contribution in [0.2, 0.25) is 0 Å². The van der Waals surface area contributed by atoms with E-state index >= 15 is 0 Å². The van der Waals surface area contributed by atoms with E-state index in [-0.39, 0.29) is 24.5 Å². The summed E-state index contributed by atoms with van der Waals surface area (Å²) in [5, 5.41) is 2.76. The minimum atomic E-state index is -0.430. The Morgan fingerprint density at radius 2 is 1.73 bits per heavy atom. The Hall–Kier alpha value is -2.38. The molecule has 30 heavy (non-hydrogen) atoms. The number of nitrogens with one attached hydrogen (secondary N) is 1. The van der Waals surface area contributed by atoms with Crippen LogP contribution in [0.5, 0.6) is 5.75 Å². The van der Waals surface area contributed by atoms with Crippen molar-refractivity contribution in [3.8, 4) is 5.75 Å². The van der Waals surface area contributed by atoms with Crippen LogP contribution in [-0.4, -0.2) is 38.3 Å². The Kier molecular flexibility index (Phi) is 8.87. The van der Waals surface area contributed by atoms with Gasteiger partial charge in [-0.3, -0.25) is 4.79 Å². The summed E-state index contributed by atoms with van der Waals surface area (Å²) in [6.07, 6.45) is 0. The zero-order chi connectivity index (χ0) is 22.1. The van der Waals surface area contributed by atoms with Crippen LogP contribution < -0.4 is 10.1 Å². The Morgan fingerprint density at radius 1 is 1.03 bits per heavy atom. The second-order valence-electron chi connectivity index (χ2n) is 7.64. The van der Waals surface area contributed by atoms with Gasteiger partial charge in [-0.25, -0.2) is 4.79 Å². The highest BCUT2D eigenvalue weighted by Gasteiger charge is 2.20. The number of hydrogen-bond acceptors (Lipinski definition) is 5. The van der Waals surface area contributed by atoms with Crippen LogP contribution in [0, 0.1) is 0 Å². The summed E-state index contributed by atoms with van der Waals surface area (Å²) < 4.78 is 17.0. The number of esters is 1. The molecule has 0 heterocycles. The number of benzene rings is 2. The van der Waals surface area contributed by atoms with Crippen molar-refractivity contribution in [1.82, 2.24) is 0 Å². The van der Waals surface area contributed by atoms with Gasteiger partial charge >= 0.3 is 5.97 Å². The topological polar surface area (TPSA) is 73.9 Å². The first kappa shape index (κ1) is 23.9. The van der Waals surface area contributed by atoms with E-state index in [1.165, 1.54) is 0 Å². The van der Waals surface area contributed by atoms with E-state index in [4.69, 9.17) is 14.2 Å². The lowest BCUT2D eigenvalue weighted by molar-refractivity contribution is -0.118. The lowest BCUT2D eigenvalue weighted by atomic mass is 9.86. The number of anilines is 1. The molecule has 162 valence electrons. The highest BCUT2D eigenvalue weighted by molar-refractivity contribution is 9.10. The molecule has 1 amide bonds. The fourth-order valence-electron chi connectivity index (χ4n) is 2.67. The van der Waals surface area contributed by atoms with Crippen LogP contribution in [-0.2, 0) is 19.7 Å². The van der Waals surface area contributed by atoms with Crippen LogP contribution in [0.3, 0.4) is 0 Å². The minimum Gasteiger partial charge on any atom is -0.483 e. The first-order valence-electron chi connectivity index (χ1n) is 9.78. The maximum Gasteiger partial charge on any atom is 0.338 e. The normalized spacial score (nSPS) is 11.1. The van der Waals surface area contributed by atoms with Crippen molar-refractivity contribution >= 4 is 33.5 Å². The summed E-state index contributed by atoms with van der Waals surface area (Å²) in [6, 6.07) is 12.2. The van der Waals surface area contributed by atoms with Crippen molar-refractivity contribution < 1.29 is 23.8 Å². The van der Waals surface area contributed by atoms with Gasteiger partial charge in [0.05, 0.1) is 12.2 Å². The van der Waals surface area contributed by atoms with Crippen LogP contribution in [0.4, 0.5) is 5.69 Å². The van der Waals surface area contributed by atoms with Gasteiger partial charge < -0.3 is 19.5 Å². The molecule has 0 aromatic heterocycles. The quantitative estimate of drug-likeness (QED) is 0.408. The minimum absolute atomic E-state index is 0.119. The number of hydrogen-bond donors (Lipinski definition) is 1. The molecule has 0 aliphatic rings. The third kappa shape index (κ3) is 7.46. The van der Waals surface area contributed by atoms with Crippen LogP contribution in [0.15, 0.2) is 46.9 Å². The molecule has 0 fully saturated rings. The van der Waals surface area contributed by atoms with Crippen molar-refractivity contribution in [3.05, 3.63) is 58.1 Å². The first-order valence-corrected chi connectivity index (χ1v) is 10.6. The predicted octanol–water partition coefficient (Wildman–Crippen LogP) is 4.96. The molecule has 7 heteroatoms. The lowest BCUT2D eigenvalue weighted by Gasteiger charge is -2.23. The SMILES string of the molecule is CCOCCOC(=O)c1ccc(NC(=O)COc2ccc(Br)cc2C(C)(C)C)cc1. The smallest absolute Gasteiger partial charge is 0.338 e. The molecule has 0 unspecified atom stereocenters. The zero-order valence-electron chi connectivity index (χ0n) is 17.8. The number of amides is 1. The molecule has 0 aliphatic heterocycles. The molecule has 0 saturated heterocycles. The average Bonchev–Trinajstić information content (AvgIpc) is 2.70. The maximum absolute atomic E-state index is 12.3. The van der Waals surface area contributed by atoms with Crippen molar-refractivity contribution in [2.45, 2.75) is 33.1 Å². The summed E-state index contributed by atoms with van der Waals surface area (Å²) in [5.41, 5.74) is 1.87. The second-order valence-corrected chi connectivity index (χ2v) is 8.55. The molecule has 0 bridgehead atoms. The van der Waals surface area contributed by atoms with E-state index in [1.807, 2.05) is 25.1 Å². The molecule has 0 atom stereocenters. The van der Waals surface area contributed by atoms with Gasteiger partial charge in [-0.05, 0) is 54.8 Å². The van der Waals surface area contributed by atoms with Gasteiger partial charge in [0, 0.05) is 22.3 Å². The van der Waals surface area contributed by atoms with E-state index in [1.54, 1.807) is 24.3 Å². The van der Waals surface area contributed by atoms with Gasteiger partial charge in [0.15, 0.2) is 6.61 Å². The largest absolute Gasteiger partial charge is 0.483 e. The molecule has 2 rings (SSSR count). The van der Waals surface area contributed by atoms with Crippen LogP contribution in [0.25, 0.3) is 0 Å². The summed E-state index contributed by atoms with van der Waals surface area (Å²) in [4.78, 5) is 24.2. The van der Waals surface area contributed by atoms with E-state index in [9.17, 15) is 9.59 Å². The summed E-state index contributed by atoms with van der Waals surface area (Å²) in [5.74, 6) is -0.0447. The van der Waals surface area contributed by atoms with E-state index in [2.05, 4.69) is 42.0 Å². The fourth-order valence-corrected chi connectivity index (χ4v) is 3.03. The number of carbonyl (C=O) groups is 2. The van der Waals surface area contributed by atoms with Crippen LogP contribution >= 0.6 is 15.9 Å². The highest BCUT2D eigenvalue weighted by Crippen LogP contribution is 2.33. The predicted molar refractivity (Wildman–Crippen MR) is 120 cm³/mol. The zero-order valence-corrected chi connectivity index (χ0v) is 19.4. The van der Waals surface area contributed by atoms with Gasteiger partial charge in [-0.15, -0.1) is 0 Å². The molecule has 0 saturated carbocycles. The first-order chi connectivity index (χ1) is 14.2. The fraction of sp³-hybridized carbons (Fsp3) is 0.391. The molecule has 0 spiro atoms. The molecule has 2 aromatic rings. The number of halogens is 1. The Morgan fingerprint density at radius 3 is 2.37 bits per heavy atom. The summed E-state index contributed by atoms with van der Waals surface area (Å²) in [6.45, 7) is 9.17. The molecule has 6 nitrogen and oxygen atoms in total. The number of ether oxygens (including phenoxy) is 3. The van der Waals surface area contributed by atoms with Crippen molar-refractivity contribution in [1.29, 1.82) is 0 Å². The van der Waals surface area contributed by atoms with Crippen LogP contribution in [0.1, 0.15) is 43.6 Å². The molecule has 0 aliphatic carbocycles. The second kappa shape index (κ2) is 11.1. The molecule has 2 aromatic carbocycles. The summed E-state index contributed by atoms with van der Waals surface area (Å²) in [7, 11) is 0. The monoisotopic (exact) mass is 477 g/mol. The number of rotatable bonds is 9. The molecular formula is C23H28BrNO5. The van der Waals surface area contributed by atoms with Crippen molar-refractivity contribution in [2.75, 3.05) is 31.7 Å². The van der Waals surface area contributed by atoms with E-state index < -0.39 is 5.97 Å². The van der Waals surface area contributed by atoms with Crippen molar-refractivity contribution in [2.24, 2.45) is 0 Å². The lowest BCUT2D eigenvalue weighted by Crippen LogP contribution is -2.22.